The molecule has 0 aromatic heterocycles. The van der Waals surface area contributed by atoms with Crippen LogP contribution in [0, 0.1) is 5.82 Å². The van der Waals surface area contributed by atoms with Crippen molar-refractivity contribution in [1.82, 2.24) is 15.1 Å². The van der Waals surface area contributed by atoms with Crippen molar-refractivity contribution in [1.29, 1.82) is 0 Å². The van der Waals surface area contributed by atoms with Gasteiger partial charge in [0, 0.05) is 6.54 Å². The van der Waals surface area contributed by atoms with E-state index in [-0.39, 0.29) is 12.4 Å². The Kier molecular flexibility index (Phi) is 7.12. The van der Waals surface area contributed by atoms with Gasteiger partial charge in [-0.05, 0) is 60.1 Å². The fourth-order valence-electron chi connectivity index (χ4n) is 4.36. The van der Waals surface area contributed by atoms with E-state index in [2.05, 4.69) is 5.32 Å². The Morgan fingerprint density at radius 3 is 1.89 bits per heavy atom. The van der Waals surface area contributed by atoms with Crippen LogP contribution in [0.3, 0.4) is 0 Å². The highest BCUT2D eigenvalue weighted by atomic mass is 19.1. The van der Waals surface area contributed by atoms with Crippen molar-refractivity contribution in [2.75, 3.05) is 35.0 Å². The minimum Gasteiger partial charge on any atom is -0.497 e. The molecule has 1 saturated heterocycles. The Hall–Kier alpha value is -4.11. The first-order valence-corrected chi connectivity index (χ1v) is 11.3. The first-order chi connectivity index (χ1) is 17.3. The Labute approximate surface area is 209 Å². The topological polar surface area (TPSA) is 80.3 Å². The van der Waals surface area contributed by atoms with E-state index in [1.165, 1.54) is 13.2 Å². The van der Waals surface area contributed by atoms with Gasteiger partial charge in [-0.2, -0.15) is 0 Å². The molecule has 36 heavy (non-hydrogen) atoms. The minimum atomic E-state index is -1.43. The van der Waals surface area contributed by atoms with Gasteiger partial charge in [0.1, 0.15) is 11.5 Å². The number of nitrogens with zero attached hydrogens (tertiary/aromatic N) is 2. The summed E-state index contributed by atoms with van der Waals surface area (Å²) in [5.41, 5.74) is 0.436. The molecule has 3 aromatic carbocycles. The normalized spacial score (nSPS) is 14.7. The standard InChI is InChI=1S/C27H28FN3O5/c1-30(16-18-5-14-24(36-4)23(28)15-18)17-31-25(32)27(29-26(31)33,19-6-10-21(34-2)11-7-19)20-8-12-22(35-3)13-9-20/h5-15H,16-17H2,1-4H3,(H,29,33). The molecule has 1 aliphatic rings. The maximum absolute atomic E-state index is 14.1. The molecule has 0 atom stereocenters. The maximum Gasteiger partial charge on any atom is 0.326 e. The van der Waals surface area contributed by atoms with Gasteiger partial charge in [0.05, 0.1) is 28.0 Å². The van der Waals surface area contributed by atoms with Crippen molar-refractivity contribution < 1.29 is 28.2 Å². The Morgan fingerprint density at radius 1 is 0.861 bits per heavy atom. The first kappa shape index (κ1) is 25.0. The molecule has 1 fully saturated rings. The largest absolute Gasteiger partial charge is 0.497 e. The van der Waals surface area contributed by atoms with Crippen LogP contribution in [0.4, 0.5) is 9.18 Å². The fourth-order valence-corrected chi connectivity index (χ4v) is 4.36. The number of rotatable bonds is 9. The van der Waals surface area contributed by atoms with Crippen LogP contribution in [0.25, 0.3) is 0 Å². The lowest BCUT2D eigenvalue weighted by atomic mass is 9.82. The average Bonchev–Trinajstić information content (AvgIpc) is 3.14. The molecule has 0 bridgehead atoms. The number of imide groups is 1. The van der Waals surface area contributed by atoms with Crippen LogP contribution < -0.4 is 19.5 Å². The number of nitrogens with one attached hydrogen (secondary N) is 1. The fraction of sp³-hybridized carbons (Fsp3) is 0.259. The van der Waals surface area contributed by atoms with Crippen molar-refractivity contribution in [3.05, 3.63) is 89.2 Å². The van der Waals surface area contributed by atoms with Gasteiger partial charge in [-0.3, -0.25) is 9.69 Å². The molecule has 188 valence electrons. The summed E-state index contributed by atoms with van der Waals surface area (Å²) in [5.74, 6) is 0.513. The van der Waals surface area contributed by atoms with Crippen LogP contribution >= 0.6 is 0 Å². The van der Waals surface area contributed by atoms with E-state index in [1.807, 2.05) is 0 Å². The number of ether oxygens (including phenoxy) is 3. The van der Waals surface area contributed by atoms with Crippen molar-refractivity contribution >= 4 is 11.9 Å². The Morgan fingerprint density at radius 2 is 1.42 bits per heavy atom. The van der Waals surface area contributed by atoms with Crippen LogP contribution in [-0.4, -0.2) is 56.8 Å². The zero-order valence-electron chi connectivity index (χ0n) is 20.6. The van der Waals surface area contributed by atoms with Gasteiger partial charge < -0.3 is 19.5 Å². The quantitative estimate of drug-likeness (QED) is 0.458. The van der Waals surface area contributed by atoms with Crippen LogP contribution in [0.1, 0.15) is 16.7 Å². The summed E-state index contributed by atoms with van der Waals surface area (Å²) in [7, 11) is 6.27. The summed E-state index contributed by atoms with van der Waals surface area (Å²) < 4.78 is 29.6. The predicted octanol–water partition coefficient (Wildman–Crippen LogP) is 3.74. The molecule has 3 aromatic rings. The van der Waals surface area contributed by atoms with Gasteiger partial charge in [-0.1, -0.05) is 30.3 Å². The summed E-state index contributed by atoms with van der Waals surface area (Å²) in [5, 5.41) is 2.92. The van der Waals surface area contributed by atoms with Crippen molar-refractivity contribution in [3.8, 4) is 17.2 Å². The third kappa shape index (κ3) is 4.57. The molecule has 8 nitrogen and oxygen atoms in total. The smallest absolute Gasteiger partial charge is 0.326 e. The van der Waals surface area contributed by atoms with Gasteiger partial charge in [-0.25, -0.2) is 14.1 Å². The number of urea groups is 1. The van der Waals surface area contributed by atoms with Crippen LogP contribution in [0.2, 0.25) is 0 Å². The first-order valence-electron chi connectivity index (χ1n) is 11.3. The van der Waals surface area contributed by atoms with E-state index >= 15 is 0 Å². The number of carbonyl (C=O) groups is 2. The van der Waals surface area contributed by atoms with Crippen LogP contribution in [0.5, 0.6) is 17.2 Å². The molecule has 0 unspecified atom stereocenters. The monoisotopic (exact) mass is 493 g/mol. The lowest BCUT2D eigenvalue weighted by Gasteiger charge is -2.29. The molecule has 4 rings (SSSR count). The molecule has 1 heterocycles. The number of hydrogen-bond donors (Lipinski definition) is 1. The summed E-state index contributed by atoms with van der Waals surface area (Å²) in [6.07, 6.45) is 0. The van der Waals surface area contributed by atoms with Gasteiger partial charge in [-0.15, -0.1) is 0 Å². The highest BCUT2D eigenvalue weighted by Gasteiger charge is 2.53. The molecule has 1 aliphatic heterocycles. The lowest BCUT2D eigenvalue weighted by molar-refractivity contribution is -0.131. The van der Waals surface area contributed by atoms with E-state index in [1.54, 1.807) is 86.8 Å². The maximum atomic E-state index is 14.1. The van der Waals surface area contributed by atoms with Gasteiger partial charge in [0.2, 0.25) is 0 Å². The van der Waals surface area contributed by atoms with Gasteiger partial charge >= 0.3 is 6.03 Å². The molecule has 0 radical (unpaired) electrons. The molecule has 0 aliphatic carbocycles. The molecule has 0 spiro atoms. The van der Waals surface area contributed by atoms with E-state index < -0.39 is 23.3 Å². The number of amides is 3. The highest BCUT2D eigenvalue weighted by molar-refractivity contribution is 6.09. The SMILES string of the molecule is COc1ccc(C2(c3ccc(OC)cc3)NC(=O)N(CN(C)Cc3ccc(OC)c(F)c3)C2=O)cc1. The van der Waals surface area contributed by atoms with E-state index in [4.69, 9.17) is 14.2 Å². The number of benzene rings is 3. The highest BCUT2D eigenvalue weighted by Crippen LogP contribution is 2.37. The van der Waals surface area contributed by atoms with Gasteiger partial charge in [0.15, 0.2) is 17.1 Å². The molecular weight excluding hydrogens is 465 g/mol. The number of carbonyl (C=O) groups excluding carboxylic acids is 2. The number of halogens is 1. The summed E-state index contributed by atoms with van der Waals surface area (Å²) >= 11 is 0. The second kappa shape index (κ2) is 10.2. The molecule has 3 amide bonds. The number of methoxy groups -OCH3 is 3. The van der Waals surface area contributed by atoms with Crippen LogP contribution in [0.15, 0.2) is 66.7 Å². The van der Waals surface area contributed by atoms with Crippen molar-refractivity contribution in [2.24, 2.45) is 0 Å². The molecule has 0 saturated carbocycles. The van der Waals surface area contributed by atoms with E-state index in [9.17, 15) is 14.0 Å². The summed E-state index contributed by atoms with van der Waals surface area (Å²) in [6, 6.07) is 18.1. The second-order valence-electron chi connectivity index (χ2n) is 8.49. The van der Waals surface area contributed by atoms with Crippen LogP contribution in [-0.2, 0) is 16.9 Å². The Bertz CT molecular complexity index is 1200. The summed E-state index contributed by atoms with van der Waals surface area (Å²) in [6.45, 7) is 0.322. The minimum absolute atomic E-state index is 0.00632. The third-order valence-corrected chi connectivity index (χ3v) is 6.20. The molecular formula is C27H28FN3O5. The zero-order chi connectivity index (χ0) is 25.9. The predicted molar refractivity (Wildman–Crippen MR) is 131 cm³/mol. The van der Waals surface area contributed by atoms with Gasteiger partial charge in [0.25, 0.3) is 5.91 Å². The second-order valence-corrected chi connectivity index (χ2v) is 8.49. The number of hydrogen-bond acceptors (Lipinski definition) is 6. The molecule has 1 N–H and O–H groups in total. The van der Waals surface area contributed by atoms with E-state index in [0.29, 0.717) is 34.7 Å². The van der Waals surface area contributed by atoms with E-state index in [0.717, 1.165) is 4.90 Å². The third-order valence-electron chi connectivity index (χ3n) is 6.20. The average molecular weight is 494 g/mol. The Balaban J connectivity index is 1.64. The summed E-state index contributed by atoms with van der Waals surface area (Å²) in [4.78, 5) is 30.0. The molecule has 9 heteroatoms. The lowest BCUT2D eigenvalue weighted by Crippen LogP contribution is -2.46. The van der Waals surface area contributed by atoms with Crippen molar-refractivity contribution in [2.45, 2.75) is 12.1 Å². The zero-order valence-corrected chi connectivity index (χ0v) is 20.6. The van der Waals surface area contributed by atoms with Crippen molar-refractivity contribution in [3.63, 3.8) is 0 Å².